The van der Waals surface area contributed by atoms with Crippen LogP contribution in [0.1, 0.15) is 44.6 Å². The van der Waals surface area contributed by atoms with Gasteiger partial charge in [-0.1, -0.05) is 41.4 Å². The van der Waals surface area contributed by atoms with Crippen LogP contribution in [0.15, 0.2) is 28.7 Å². The van der Waals surface area contributed by atoms with Crippen molar-refractivity contribution >= 4 is 21.8 Å². The van der Waals surface area contributed by atoms with E-state index in [0.29, 0.717) is 0 Å². The van der Waals surface area contributed by atoms with Gasteiger partial charge in [0.2, 0.25) is 5.91 Å². The summed E-state index contributed by atoms with van der Waals surface area (Å²) in [6.07, 6.45) is 5.32. The molecule has 5 heteroatoms. The SMILES string of the molecule is CCN1CCN(CCCCNC(=O)C2(c3ccc(Br)cc3)CCC2)CC1. The number of carbonyl (C=O) groups excluding carboxylic acids is 1. The Labute approximate surface area is 166 Å². The lowest BCUT2D eigenvalue weighted by Crippen LogP contribution is -2.49. The molecule has 0 radical (unpaired) electrons. The van der Waals surface area contributed by atoms with Crippen LogP contribution in [0.3, 0.4) is 0 Å². The topological polar surface area (TPSA) is 35.6 Å². The largest absolute Gasteiger partial charge is 0.355 e. The highest BCUT2D eigenvalue weighted by molar-refractivity contribution is 9.10. The van der Waals surface area contributed by atoms with E-state index in [0.717, 1.165) is 49.7 Å². The fourth-order valence-corrected chi connectivity index (χ4v) is 4.37. The normalized spacial score (nSPS) is 20.5. The van der Waals surface area contributed by atoms with Gasteiger partial charge in [0.1, 0.15) is 0 Å². The highest BCUT2D eigenvalue weighted by atomic mass is 79.9. The number of unbranched alkanes of at least 4 members (excludes halogenated alkanes) is 1. The molecule has 26 heavy (non-hydrogen) atoms. The lowest BCUT2D eigenvalue weighted by Gasteiger charge is -2.40. The first-order valence-electron chi connectivity index (χ1n) is 10.1. The maximum absolute atomic E-state index is 12.8. The number of nitrogens with zero attached hydrogens (tertiary/aromatic N) is 2. The number of amides is 1. The summed E-state index contributed by atoms with van der Waals surface area (Å²) in [6, 6.07) is 8.28. The van der Waals surface area contributed by atoms with Crippen LogP contribution in [0.4, 0.5) is 0 Å². The summed E-state index contributed by atoms with van der Waals surface area (Å²) >= 11 is 3.48. The number of benzene rings is 1. The smallest absolute Gasteiger partial charge is 0.230 e. The summed E-state index contributed by atoms with van der Waals surface area (Å²) < 4.78 is 1.07. The zero-order chi connectivity index (χ0) is 18.4. The third-order valence-electron chi connectivity index (χ3n) is 6.14. The van der Waals surface area contributed by atoms with E-state index >= 15 is 0 Å². The average molecular weight is 422 g/mol. The molecule has 1 aliphatic heterocycles. The van der Waals surface area contributed by atoms with E-state index in [-0.39, 0.29) is 11.3 Å². The lowest BCUT2D eigenvalue weighted by atomic mass is 9.64. The molecule has 1 amide bonds. The van der Waals surface area contributed by atoms with E-state index < -0.39 is 0 Å². The Kier molecular flexibility index (Phi) is 7.12. The molecule has 0 unspecified atom stereocenters. The van der Waals surface area contributed by atoms with E-state index in [9.17, 15) is 4.79 Å². The minimum Gasteiger partial charge on any atom is -0.355 e. The van der Waals surface area contributed by atoms with Crippen molar-refractivity contribution in [1.82, 2.24) is 15.1 Å². The Balaban J connectivity index is 1.38. The first-order chi connectivity index (χ1) is 12.6. The maximum atomic E-state index is 12.8. The quantitative estimate of drug-likeness (QED) is 0.653. The monoisotopic (exact) mass is 421 g/mol. The summed E-state index contributed by atoms with van der Waals surface area (Å²) in [5.41, 5.74) is 0.884. The van der Waals surface area contributed by atoms with Crippen molar-refractivity contribution in [2.75, 3.05) is 45.8 Å². The second-order valence-corrected chi connectivity index (χ2v) is 8.60. The van der Waals surface area contributed by atoms with E-state index in [1.807, 2.05) is 12.1 Å². The van der Waals surface area contributed by atoms with Crippen LogP contribution >= 0.6 is 15.9 Å². The second-order valence-electron chi connectivity index (χ2n) is 7.68. The van der Waals surface area contributed by atoms with Crippen LogP contribution in [-0.4, -0.2) is 61.5 Å². The molecule has 1 N–H and O–H groups in total. The van der Waals surface area contributed by atoms with Crippen molar-refractivity contribution in [3.63, 3.8) is 0 Å². The molecule has 0 spiro atoms. The summed E-state index contributed by atoms with van der Waals surface area (Å²) in [4.78, 5) is 17.9. The van der Waals surface area contributed by atoms with Gasteiger partial charge in [-0.2, -0.15) is 0 Å². The standard InChI is InChI=1S/C21H32BrN3O/c1-2-24-14-16-25(17-15-24)13-4-3-12-23-20(26)21(10-5-11-21)18-6-8-19(22)9-7-18/h6-9H,2-5,10-17H2,1H3,(H,23,26). The first-order valence-corrected chi connectivity index (χ1v) is 10.9. The third-order valence-corrected chi connectivity index (χ3v) is 6.67. The van der Waals surface area contributed by atoms with E-state index in [2.05, 4.69) is 50.1 Å². The van der Waals surface area contributed by atoms with Gasteiger partial charge in [0.25, 0.3) is 0 Å². The lowest BCUT2D eigenvalue weighted by molar-refractivity contribution is -0.129. The fourth-order valence-electron chi connectivity index (χ4n) is 4.11. The Hall–Kier alpha value is -0.910. The molecule has 2 fully saturated rings. The van der Waals surface area contributed by atoms with Gasteiger partial charge < -0.3 is 15.1 Å². The molecule has 1 saturated heterocycles. The van der Waals surface area contributed by atoms with Gasteiger partial charge >= 0.3 is 0 Å². The number of halogens is 1. The van der Waals surface area contributed by atoms with Gasteiger partial charge in [-0.3, -0.25) is 4.79 Å². The molecular weight excluding hydrogens is 390 g/mol. The van der Waals surface area contributed by atoms with Crippen LogP contribution < -0.4 is 5.32 Å². The molecule has 1 saturated carbocycles. The minimum absolute atomic E-state index is 0.225. The van der Waals surface area contributed by atoms with Crippen molar-refractivity contribution < 1.29 is 4.79 Å². The molecule has 0 bridgehead atoms. The maximum Gasteiger partial charge on any atom is 0.230 e. The van der Waals surface area contributed by atoms with Gasteiger partial charge in [0.15, 0.2) is 0 Å². The van der Waals surface area contributed by atoms with Gasteiger partial charge in [-0.05, 0) is 56.5 Å². The van der Waals surface area contributed by atoms with Crippen molar-refractivity contribution in [3.05, 3.63) is 34.3 Å². The molecular formula is C21H32BrN3O. The Morgan fingerprint density at radius 1 is 1.08 bits per heavy atom. The molecule has 4 nitrogen and oxygen atoms in total. The molecule has 0 aromatic heterocycles. The molecule has 2 aliphatic rings. The highest BCUT2D eigenvalue weighted by Crippen LogP contribution is 2.44. The van der Waals surface area contributed by atoms with Gasteiger partial charge in [-0.25, -0.2) is 0 Å². The fraction of sp³-hybridized carbons (Fsp3) is 0.667. The first kappa shape index (κ1) is 19.8. The third kappa shape index (κ3) is 4.68. The Morgan fingerprint density at radius 3 is 2.31 bits per heavy atom. The Bertz CT molecular complexity index is 577. The van der Waals surface area contributed by atoms with Crippen LogP contribution in [-0.2, 0) is 10.2 Å². The van der Waals surface area contributed by atoms with Crippen LogP contribution in [0.2, 0.25) is 0 Å². The van der Waals surface area contributed by atoms with Crippen LogP contribution in [0, 0.1) is 0 Å². The number of piperazine rings is 1. The Morgan fingerprint density at radius 2 is 1.73 bits per heavy atom. The van der Waals surface area contributed by atoms with Gasteiger partial charge in [-0.15, -0.1) is 0 Å². The van der Waals surface area contributed by atoms with E-state index in [4.69, 9.17) is 0 Å². The summed E-state index contributed by atoms with van der Waals surface area (Å²) in [6.45, 7) is 10.1. The van der Waals surface area contributed by atoms with Crippen molar-refractivity contribution in [2.24, 2.45) is 0 Å². The number of likely N-dealkylation sites (N-methyl/N-ethyl adjacent to an activating group) is 1. The molecule has 0 atom stereocenters. The zero-order valence-electron chi connectivity index (χ0n) is 16.0. The number of nitrogens with one attached hydrogen (secondary N) is 1. The predicted octanol–water partition coefficient (Wildman–Crippen LogP) is 3.40. The molecule has 144 valence electrons. The van der Waals surface area contributed by atoms with Crippen molar-refractivity contribution in [3.8, 4) is 0 Å². The summed E-state index contributed by atoms with van der Waals surface area (Å²) in [7, 11) is 0. The van der Waals surface area contributed by atoms with Gasteiger partial charge in [0, 0.05) is 37.2 Å². The number of rotatable bonds is 8. The highest BCUT2D eigenvalue weighted by Gasteiger charge is 2.45. The molecule has 1 aliphatic carbocycles. The number of hydrogen-bond acceptors (Lipinski definition) is 3. The molecule has 1 heterocycles. The van der Waals surface area contributed by atoms with Crippen LogP contribution in [0.25, 0.3) is 0 Å². The van der Waals surface area contributed by atoms with E-state index in [1.165, 1.54) is 38.3 Å². The van der Waals surface area contributed by atoms with Gasteiger partial charge in [0.05, 0.1) is 5.41 Å². The summed E-state index contributed by atoms with van der Waals surface area (Å²) in [5.74, 6) is 0.225. The molecule has 1 aromatic rings. The average Bonchev–Trinajstić information content (AvgIpc) is 2.62. The predicted molar refractivity (Wildman–Crippen MR) is 110 cm³/mol. The van der Waals surface area contributed by atoms with E-state index in [1.54, 1.807) is 0 Å². The summed E-state index contributed by atoms with van der Waals surface area (Å²) in [5, 5.41) is 3.22. The van der Waals surface area contributed by atoms with Crippen molar-refractivity contribution in [2.45, 2.75) is 44.4 Å². The molecule has 3 rings (SSSR count). The minimum atomic E-state index is -0.281. The zero-order valence-corrected chi connectivity index (χ0v) is 17.6. The molecule has 1 aromatic carbocycles. The number of carbonyl (C=O) groups is 1. The van der Waals surface area contributed by atoms with Crippen LogP contribution in [0.5, 0.6) is 0 Å². The van der Waals surface area contributed by atoms with Crippen molar-refractivity contribution in [1.29, 1.82) is 0 Å². The number of hydrogen-bond donors (Lipinski definition) is 1. The second kappa shape index (κ2) is 9.34.